The zero-order chi connectivity index (χ0) is 12.5. The Hall–Kier alpha value is -0.560. The number of hydrogen-bond donors (Lipinski definition) is 2. The van der Waals surface area contributed by atoms with Gasteiger partial charge in [-0.1, -0.05) is 11.6 Å². The van der Waals surface area contributed by atoms with Crippen LogP contribution in [0.1, 0.15) is 11.6 Å². The second-order valence-corrected chi connectivity index (χ2v) is 3.56. The molecule has 0 radical (unpaired) electrons. The normalized spacial score (nSPS) is 13.1. The summed E-state index contributed by atoms with van der Waals surface area (Å²) < 4.78 is 52.4. The van der Waals surface area contributed by atoms with Gasteiger partial charge in [0.1, 0.15) is 24.3 Å². The number of rotatable bonds is 3. The van der Waals surface area contributed by atoms with E-state index in [2.05, 4.69) is 0 Å². The topological polar surface area (TPSA) is 46.2 Å². The summed E-state index contributed by atoms with van der Waals surface area (Å²) in [5.41, 5.74) is 3.97. The third-order valence-electron chi connectivity index (χ3n) is 2.06. The van der Waals surface area contributed by atoms with Crippen LogP contribution in [0.4, 0.5) is 17.6 Å². The van der Waals surface area contributed by atoms with E-state index in [4.69, 9.17) is 22.4 Å². The minimum absolute atomic E-state index is 0. The lowest BCUT2D eigenvalue weighted by atomic mass is 10.0. The number of aliphatic hydroxyl groups is 1. The quantitative estimate of drug-likeness (QED) is 0.665. The largest absolute Gasteiger partial charge is 0.390 e. The van der Waals surface area contributed by atoms with Crippen molar-refractivity contribution < 1.29 is 22.7 Å². The predicted molar refractivity (Wildman–Crippen MR) is 57.6 cm³/mol. The van der Waals surface area contributed by atoms with Gasteiger partial charge in [0.2, 0.25) is 0 Å². The van der Waals surface area contributed by atoms with Crippen LogP contribution in [0.5, 0.6) is 0 Å². The van der Waals surface area contributed by atoms with E-state index >= 15 is 0 Å². The Balaban J connectivity index is 0.00000256. The van der Waals surface area contributed by atoms with Crippen molar-refractivity contribution in [1.82, 2.24) is 0 Å². The van der Waals surface area contributed by atoms with Gasteiger partial charge >= 0.3 is 0 Å². The summed E-state index contributed by atoms with van der Waals surface area (Å²) >= 11 is 5.32. The van der Waals surface area contributed by atoms with E-state index in [9.17, 15) is 17.6 Å². The van der Waals surface area contributed by atoms with Gasteiger partial charge in [-0.25, -0.2) is 17.6 Å². The van der Waals surface area contributed by atoms with Gasteiger partial charge in [-0.3, -0.25) is 0 Å². The Labute approximate surface area is 106 Å². The highest BCUT2D eigenvalue weighted by atomic mass is 35.5. The molecule has 1 rings (SSSR count). The molecule has 0 heterocycles. The summed E-state index contributed by atoms with van der Waals surface area (Å²) in [6, 6.07) is -0.677. The van der Waals surface area contributed by atoms with Gasteiger partial charge in [0.25, 0.3) is 5.92 Å². The molecule has 0 bridgehead atoms. The highest BCUT2D eigenvalue weighted by Crippen LogP contribution is 2.34. The minimum atomic E-state index is -3.83. The zero-order valence-electron chi connectivity index (χ0n) is 8.26. The van der Waals surface area contributed by atoms with Gasteiger partial charge in [-0.05, 0) is 12.1 Å². The molecule has 0 aromatic heterocycles. The molecule has 2 nitrogen and oxygen atoms in total. The van der Waals surface area contributed by atoms with Crippen molar-refractivity contribution in [3.63, 3.8) is 0 Å². The summed E-state index contributed by atoms with van der Waals surface area (Å²) in [6.07, 6.45) is 0. The lowest BCUT2D eigenvalue weighted by molar-refractivity contribution is -0.0726. The van der Waals surface area contributed by atoms with Crippen molar-refractivity contribution in [3.05, 3.63) is 34.4 Å². The van der Waals surface area contributed by atoms with Crippen molar-refractivity contribution in [2.75, 3.05) is 6.61 Å². The fraction of sp³-hybridized carbons (Fsp3) is 0.333. The third-order valence-corrected chi connectivity index (χ3v) is 2.35. The van der Waals surface area contributed by atoms with Crippen LogP contribution in [0.15, 0.2) is 12.1 Å². The molecule has 0 saturated heterocycles. The van der Waals surface area contributed by atoms with E-state index in [0.29, 0.717) is 0 Å². The van der Waals surface area contributed by atoms with E-state index in [0.717, 1.165) is 12.1 Å². The minimum Gasteiger partial charge on any atom is -0.390 e. The number of benzene rings is 1. The number of halogens is 6. The van der Waals surface area contributed by atoms with Crippen LogP contribution in [-0.2, 0) is 0 Å². The smallest absolute Gasteiger partial charge is 0.289 e. The van der Waals surface area contributed by atoms with E-state index in [-0.39, 0.29) is 12.4 Å². The Morgan fingerprint density at radius 1 is 1.35 bits per heavy atom. The van der Waals surface area contributed by atoms with Crippen LogP contribution >= 0.6 is 24.0 Å². The highest BCUT2D eigenvalue weighted by molar-refractivity contribution is 6.30. The summed E-state index contributed by atoms with van der Waals surface area (Å²) in [5.74, 6) is -6.41. The fourth-order valence-corrected chi connectivity index (χ4v) is 1.30. The van der Waals surface area contributed by atoms with Crippen molar-refractivity contribution in [2.24, 2.45) is 5.73 Å². The maximum atomic E-state index is 13.3. The molecule has 17 heavy (non-hydrogen) atoms. The number of aliphatic hydroxyl groups excluding tert-OH is 1. The van der Waals surface area contributed by atoms with Crippen LogP contribution in [0.2, 0.25) is 5.02 Å². The van der Waals surface area contributed by atoms with Crippen LogP contribution in [0.3, 0.4) is 0 Å². The molecule has 0 aliphatic carbocycles. The monoisotopic (exact) mass is 293 g/mol. The van der Waals surface area contributed by atoms with E-state index in [1.165, 1.54) is 0 Å². The molecule has 0 unspecified atom stereocenters. The number of hydrogen-bond acceptors (Lipinski definition) is 2. The first kappa shape index (κ1) is 16.4. The summed E-state index contributed by atoms with van der Waals surface area (Å²) in [7, 11) is 0. The molecule has 1 aromatic carbocycles. The molecule has 0 amide bonds. The molecule has 8 heteroatoms. The fourth-order valence-electron chi connectivity index (χ4n) is 1.14. The van der Waals surface area contributed by atoms with Crippen LogP contribution in [-0.4, -0.2) is 17.6 Å². The van der Waals surface area contributed by atoms with Gasteiger partial charge in [0.05, 0.1) is 5.02 Å². The van der Waals surface area contributed by atoms with Crippen molar-refractivity contribution >= 4 is 24.0 Å². The Bertz CT molecular complexity index is 403. The van der Waals surface area contributed by atoms with Crippen LogP contribution in [0, 0.1) is 11.6 Å². The molecule has 0 aliphatic rings. The van der Waals surface area contributed by atoms with E-state index in [1.54, 1.807) is 0 Å². The Kier molecular flexibility index (Phi) is 5.67. The molecule has 1 atom stereocenters. The highest BCUT2D eigenvalue weighted by Gasteiger charge is 2.40. The molecule has 0 spiro atoms. The second-order valence-electron chi connectivity index (χ2n) is 3.15. The average molecular weight is 294 g/mol. The lowest BCUT2D eigenvalue weighted by Gasteiger charge is -2.22. The van der Waals surface area contributed by atoms with Gasteiger partial charge in [0.15, 0.2) is 0 Å². The molecule has 0 saturated carbocycles. The van der Waals surface area contributed by atoms with E-state index in [1.807, 2.05) is 0 Å². The molecule has 98 valence electrons. The molecule has 3 N–H and O–H groups in total. The first-order chi connectivity index (χ1) is 7.31. The van der Waals surface area contributed by atoms with E-state index < -0.39 is 40.8 Å². The zero-order valence-corrected chi connectivity index (χ0v) is 9.83. The summed E-state index contributed by atoms with van der Waals surface area (Å²) in [6.45, 7) is -1.61. The van der Waals surface area contributed by atoms with Crippen molar-refractivity contribution in [2.45, 2.75) is 12.0 Å². The lowest BCUT2D eigenvalue weighted by Crippen LogP contribution is -2.37. The molecular formula is C9H9Cl2F4NO. The van der Waals surface area contributed by atoms with Crippen molar-refractivity contribution in [3.8, 4) is 0 Å². The maximum Gasteiger partial charge on any atom is 0.289 e. The molecule has 0 fully saturated rings. The summed E-state index contributed by atoms with van der Waals surface area (Å²) in [4.78, 5) is 0. The van der Waals surface area contributed by atoms with Gasteiger partial charge in [-0.2, -0.15) is 0 Å². The Morgan fingerprint density at radius 2 is 1.88 bits per heavy atom. The SMILES string of the molecule is Cl.N[C@@H](c1c(F)ccc(Cl)c1F)C(F)(F)CO. The van der Waals surface area contributed by atoms with Crippen molar-refractivity contribution in [1.29, 1.82) is 0 Å². The van der Waals surface area contributed by atoms with Gasteiger partial charge in [0, 0.05) is 5.56 Å². The molecule has 0 aliphatic heterocycles. The maximum absolute atomic E-state index is 13.3. The third kappa shape index (κ3) is 3.22. The number of alkyl halides is 2. The first-order valence-corrected chi connectivity index (χ1v) is 4.56. The Morgan fingerprint density at radius 3 is 2.35 bits per heavy atom. The van der Waals surface area contributed by atoms with Crippen LogP contribution < -0.4 is 5.73 Å². The van der Waals surface area contributed by atoms with Gasteiger partial charge < -0.3 is 10.8 Å². The standard InChI is InChI=1S/C9H8ClF4NO.ClH/c10-4-1-2-5(11)6(7(4)12)8(15)9(13,14)3-16;/h1-2,8,16H,3,15H2;1H/t8-;/m0./s1. The summed E-state index contributed by atoms with van der Waals surface area (Å²) in [5, 5.41) is 7.86. The molecule has 1 aromatic rings. The van der Waals surface area contributed by atoms with Crippen LogP contribution in [0.25, 0.3) is 0 Å². The van der Waals surface area contributed by atoms with Gasteiger partial charge in [-0.15, -0.1) is 12.4 Å². The second kappa shape index (κ2) is 5.86. The molecular weight excluding hydrogens is 285 g/mol. The number of nitrogens with two attached hydrogens (primary N) is 1. The predicted octanol–water partition coefficient (Wildman–Crippen LogP) is 2.67. The first-order valence-electron chi connectivity index (χ1n) is 4.19. The average Bonchev–Trinajstić information content (AvgIpc) is 2.24.